The van der Waals surface area contributed by atoms with Crippen LogP contribution in [0.4, 0.5) is 10.1 Å². The summed E-state index contributed by atoms with van der Waals surface area (Å²) < 4.78 is 14.3. The van der Waals surface area contributed by atoms with E-state index in [9.17, 15) is 14.0 Å². The lowest BCUT2D eigenvalue weighted by molar-refractivity contribution is -0.118. The van der Waals surface area contributed by atoms with Gasteiger partial charge in [0.15, 0.2) is 0 Å². The molecule has 1 aromatic heterocycles. The Labute approximate surface area is 166 Å². The molecule has 1 aliphatic rings. The molecule has 0 fully saturated rings. The first-order valence-corrected chi connectivity index (χ1v) is 9.36. The number of aromatic amines is 1. The monoisotopic (exact) mass is 393 g/mol. The molecule has 29 heavy (non-hydrogen) atoms. The van der Waals surface area contributed by atoms with Crippen molar-refractivity contribution in [2.75, 3.05) is 5.32 Å². The zero-order valence-corrected chi connectivity index (χ0v) is 15.8. The SMILES string of the molecule is Cc1ccc2c(c1F)NC(=O)C(NC(=O)c1n[nH]c(Cc3ccccc3)n1)CC2. The van der Waals surface area contributed by atoms with Crippen LogP contribution in [0.5, 0.6) is 0 Å². The van der Waals surface area contributed by atoms with Gasteiger partial charge in [-0.05, 0) is 36.5 Å². The van der Waals surface area contributed by atoms with Crippen molar-refractivity contribution in [1.29, 1.82) is 0 Å². The zero-order valence-electron chi connectivity index (χ0n) is 15.8. The number of carbonyl (C=O) groups excluding carboxylic acids is 2. The number of hydrogen-bond donors (Lipinski definition) is 3. The number of carbonyl (C=O) groups is 2. The van der Waals surface area contributed by atoms with Crippen molar-refractivity contribution in [2.45, 2.75) is 32.2 Å². The van der Waals surface area contributed by atoms with Gasteiger partial charge in [0.1, 0.15) is 17.7 Å². The molecule has 1 atom stereocenters. The van der Waals surface area contributed by atoms with Gasteiger partial charge in [-0.2, -0.15) is 0 Å². The highest BCUT2D eigenvalue weighted by Gasteiger charge is 2.28. The predicted molar refractivity (Wildman–Crippen MR) is 105 cm³/mol. The predicted octanol–water partition coefficient (Wildman–Crippen LogP) is 2.53. The molecule has 8 heteroatoms. The third-order valence-corrected chi connectivity index (χ3v) is 4.94. The van der Waals surface area contributed by atoms with Crippen molar-refractivity contribution in [2.24, 2.45) is 0 Å². The first-order valence-electron chi connectivity index (χ1n) is 9.36. The first kappa shape index (κ1) is 18.8. The number of amides is 2. The van der Waals surface area contributed by atoms with E-state index in [4.69, 9.17) is 0 Å². The van der Waals surface area contributed by atoms with Crippen LogP contribution in [-0.2, 0) is 17.6 Å². The summed E-state index contributed by atoms with van der Waals surface area (Å²) in [6.45, 7) is 1.64. The Morgan fingerprint density at radius 1 is 1.24 bits per heavy atom. The van der Waals surface area contributed by atoms with E-state index < -0.39 is 23.7 Å². The van der Waals surface area contributed by atoms with Crippen LogP contribution in [0.25, 0.3) is 0 Å². The Morgan fingerprint density at radius 2 is 2.03 bits per heavy atom. The van der Waals surface area contributed by atoms with Crippen LogP contribution in [0.1, 0.15) is 39.6 Å². The summed E-state index contributed by atoms with van der Waals surface area (Å²) in [5.74, 6) is -0.934. The molecule has 1 aliphatic heterocycles. The summed E-state index contributed by atoms with van der Waals surface area (Å²) >= 11 is 0. The van der Waals surface area contributed by atoms with Crippen LogP contribution in [0.3, 0.4) is 0 Å². The van der Waals surface area contributed by atoms with E-state index in [0.29, 0.717) is 36.2 Å². The Kier molecular flexibility index (Phi) is 5.07. The number of rotatable bonds is 4. The van der Waals surface area contributed by atoms with E-state index in [1.54, 1.807) is 19.1 Å². The normalized spacial score (nSPS) is 15.9. The zero-order chi connectivity index (χ0) is 20.4. The summed E-state index contributed by atoms with van der Waals surface area (Å²) in [5.41, 5.74) is 2.39. The first-order chi connectivity index (χ1) is 14.0. The molecule has 0 aliphatic carbocycles. The minimum atomic E-state index is -0.800. The van der Waals surface area contributed by atoms with E-state index >= 15 is 0 Å². The highest BCUT2D eigenvalue weighted by Crippen LogP contribution is 2.27. The number of benzene rings is 2. The van der Waals surface area contributed by atoms with Gasteiger partial charge in [-0.1, -0.05) is 42.5 Å². The number of nitrogens with zero attached hydrogens (tertiary/aromatic N) is 2. The average molecular weight is 393 g/mol. The number of halogens is 1. The molecule has 3 aromatic rings. The lowest BCUT2D eigenvalue weighted by Gasteiger charge is -2.14. The van der Waals surface area contributed by atoms with Gasteiger partial charge in [-0.15, -0.1) is 5.10 Å². The highest BCUT2D eigenvalue weighted by atomic mass is 19.1. The molecule has 0 saturated heterocycles. The Bertz CT molecular complexity index is 1060. The maximum absolute atomic E-state index is 14.3. The van der Waals surface area contributed by atoms with Crippen LogP contribution >= 0.6 is 0 Å². The van der Waals surface area contributed by atoms with Crippen LogP contribution in [-0.4, -0.2) is 33.0 Å². The molecule has 2 amide bonds. The Morgan fingerprint density at radius 3 is 2.83 bits per heavy atom. The smallest absolute Gasteiger partial charge is 0.291 e. The van der Waals surface area contributed by atoms with Crippen molar-refractivity contribution in [1.82, 2.24) is 20.5 Å². The molecule has 3 N–H and O–H groups in total. The number of fused-ring (bicyclic) bond motifs is 1. The number of nitrogens with one attached hydrogen (secondary N) is 3. The van der Waals surface area contributed by atoms with Crippen molar-refractivity contribution >= 4 is 17.5 Å². The van der Waals surface area contributed by atoms with Gasteiger partial charge in [0.2, 0.25) is 11.7 Å². The van der Waals surface area contributed by atoms with Gasteiger partial charge in [0.25, 0.3) is 5.91 Å². The van der Waals surface area contributed by atoms with Crippen LogP contribution in [0.15, 0.2) is 42.5 Å². The molecule has 0 saturated carbocycles. The second-order valence-corrected chi connectivity index (χ2v) is 7.05. The van der Waals surface area contributed by atoms with Gasteiger partial charge in [0, 0.05) is 6.42 Å². The molecule has 0 bridgehead atoms. The standard InChI is InChI=1S/C21H20FN5O2/c1-12-7-8-14-9-10-15(20(28)25-18(14)17(12)22)23-21(29)19-24-16(26-27-19)11-13-5-3-2-4-6-13/h2-8,15H,9-11H2,1H3,(H,23,29)(H,25,28)(H,24,26,27). The molecule has 2 aromatic carbocycles. The average Bonchev–Trinajstić information content (AvgIpc) is 3.12. The van der Waals surface area contributed by atoms with Crippen molar-refractivity contribution in [3.05, 3.63) is 76.6 Å². The Hall–Kier alpha value is -3.55. The topological polar surface area (TPSA) is 99.8 Å². The molecule has 7 nitrogen and oxygen atoms in total. The summed E-state index contributed by atoms with van der Waals surface area (Å²) in [5, 5.41) is 12.0. The lowest BCUT2D eigenvalue weighted by atomic mass is 10.0. The van der Waals surface area contributed by atoms with Gasteiger partial charge >= 0.3 is 0 Å². The number of hydrogen-bond acceptors (Lipinski definition) is 4. The Balaban J connectivity index is 1.44. The van der Waals surface area contributed by atoms with Crippen LogP contribution in [0, 0.1) is 12.7 Å². The van der Waals surface area contributed by atoms with Gasteiger partial charge < -0.3 is 10.6 Å². The minimum Gasteiger partial charge on any atom is -0.337 e. The summed E-state index contributed by atoms with van der Waals surface area (Å²) in [4.78, 5) is 29.2. The number of aromatic nitrogens is 3. The van der Waals surface area contributed by atoms with E-state index in [1.807, 2.05) is 30.3 Å². The second-order valence-electron chi connectivity index (χ2n) is 7.05. The van der Waals surface area contributed by atoms with Crippen molar-refractivity contribution in [3.8, 4) is 0 Å². The third kappa shape index (κ3) is 4.01. The molecule has 1 unspecified atom stereocenters. The molecule has 0 spiro atoms. The van der Waals surface area contributed by atoms with Crippen molar-refractivity contribution < 1.29 is 14.0 Å². The van der Waals surface area contributed by atoms with Crippen molar-refractivity contribution in [3.63, 3.8) is 0 Å². The number of anilines is 1. The van der Waals surface area contributed by atoms with E-state index in [2.05, 4.69) is 25.8 Å². The quantitative estimate of drug-likeness (QED) is 0.634. The molecule has 148 valence electrons. The lowest BCUT2D eigenvalue weighted by Crippen LogP contribution is -2.43. The second kappa shape index (κ2) is 7.83. The fraction of sp³-hybridized carbons (Fsp3) is 0.238. The van der Waals surface area contributed by atoms with E-state index in [0.717, 1.165) is 5.56 Å². The van der Waals surface area contributed by atoms with Gasteiger partial charge in [-0.3, -0.25) is 14.7 Å². The molecule has 2 heterocycles. The summed E-state index contributed by atoms with van der Waals surface area (Å²) in [7, 11) is 0. The number of H-pyrrole nitrogens is 1. The highest BCUT2D eigenvalue weighted by molar-refractivity contribution is 6.00. The van der Waals surface area contributed by atoms with Gasteiger partial charge in [-0.25, -0.2) is 9.37 Å². The van der Waals surface area contributed by atoms with E-state index in [-0.39, 0.29) is 11.5 Å². The molecular formula is C21H20FN5O2. The van der Waals surface area contributed by atoms with Crippen LogP contribution in [0.2, 0.25) is 0 Å². The maximum atomic E-state index is 14.3. The maximum Gasteiger partial charge on any atom is 0.291 e. The van der Waals surface area contributed by atoms with Crippen LogP contribution < -0.4 is 10.6 Å². The fourth-order valence-electron chi connectivity index (χ4n) is 3.33. The molecule has 0 radical (unpaired) electrons. The number of aryl methyl sites for hydroxylation is 2. The van der Waals surface area contributed by atoms with Gasteiger partial charge in [0.05, 0.1) is 5.69 Å². The minimum absolute atomic E-state index is 0.0347. The summed E-state index contributed by atoms with van der Waals surface area (Å²) in [6.07, 6.45) is 1.33. The third-order valence-electron chi connectivity index (χ3n) is 4.94. The largest absolute Gasteiger partial charge is 0.337 e. The fourth-order valence-corrected chi connectivity index (χ4v) is 3.33. The summed E-state index contributed by atoms with van der Waals surface area (Å²) in [6, 6.07) is 12.4. The molecular weight excluding hydrogens is 373 g/mol. The van der Waals surface area contributed by atoms with E-state index in [1.165, 1.54) is 0 Å². The molecule has 4 rings (SSSR count).